The third-order valence-electron chi connectivity index (χ3n) is 5.12. The minimum absolute atomic E-state index is 0.102. The SMILES string of the molecule is Cc1ccc(NC(=O)[C@@H](c2ccccc2)[NH+]2CCCCCCC2)cc1. The number of aryl methyl sites for hydroxylation is 1. The Morgan fingerprint density at radius 3 is 2.12 bits per heavy atom. The summed E-state index contributed by atoms with van der Waals surface area (Å²) < 4.78 is 0. The molecule has 2 N–H and O–H groups in total. The van der Waals surface area contributed by atoms with Gasteiger partial charge in [0.1, 0.15) is 0 Å². The first-order valence-electron chi connectivity index (χ1n) is 9.51. The average Bonchev–Trinajstić information content (AvgIpc) is 2.60. The van der Waals surface area contributed by atoms with Gasteiger partial charge in [-0.3, -0.25) is 4.79 Å². The first kappa shape index (κ1) is 17.7. The molecule has 0 spiro atoms. The second kappa shape index (κ2) is 8.82. The third-order valence-corrected chi connectivity index (χ3v) is 5.12. The molecule has 1 atom stereocenters. The van der Waals surface area contributed by atoms with E-state index in [2.05, 4.69) is 24.4 Å². The van der Waals surface area contributed by atoms with Crippen molar-refractivity contribution in [1.82, 2.24) is 0 Å². The fraction of sp³-hybridized carbons (Fsp3) is 0.409. The second-order valence-electron chi connectivity index (χ2n) is 7.12. The Morgan fingerprint density at radius 2 is 1.48 bits per heavy atom. The van der Waals surface area contributed by atoms with Crippen LogP contribution >= 0.6 is 0 Å². The van der Waals surface area contributed by atoms with Crippen LogP contribution in [0.15, 0.2) is 54.6 Å². The zero-order valence-corrected chi connectivity index (χ0v) is 15.1. The van der Waals surface area contributed by atoms with Crippen molar-refractivity contribution in [3.63, 3.8) is 0 Å². The normalized spacial score (nSPS) is 17.3. The summed E-state index contributed by atoms with van der Waals surface area (Å²) in [5, 5.41) is 3.14. The van der Waals surface area contributed by atoms with Crippen LogP contribution in [0.25, 0.3) is 0 Å². The number of amides is 1. The van der Waals surface area contributed by atoms with Crippen LogP contribution in [0.2, 0.25) is 0 Å². The van der Waals surface area contributed by atoms with Gasteiger partial charge in [-0.05, 0) is 44.7 Å². The van der Waals surface area contributed by atoms with E-state index >= 15 is 0 Å². The van der Waals surface area contributed by atoms with Crippen molar-refractivity contribution >= 4 is 11.6 Å². The number of carbonyl (C=O) groups is 1. The van der Waals surface area contributed by atoms with Gasteiger partial charge in [-0.1, -0.05) is 54.4 Å². The Labute approximate surface area is 151 Å². The first-order valence-corrected chi connectivity index (χ1v) is 9.51. The summed E-state index contributed by atoms with van der Waals surface area (Å²) in [6.07, 6.45) is 6.31. The summed E-state index contributed by atoms with van der Waals surface area (Å²) in [6, 6.07) is 18.2. The minimum atomic E-state index is -0.138. The number of hydrogen-bond acceptors (Lipinski definition) is 1. The molecule has 1 saturated heterocycles. The topological polar surface area (TPSA) is 33.5 Å². The Hall–Kier alpha value is -2.13. The molecule has 25 heavy (non-hydrogen) atoms. The van der Waals surface area contributed by atoms with Crippen LogP contribution in [0.3, 0.4) is 0 Å². The summed E-state index contributed by atoms with van der Waals surface area (Å²) in [5.74, 6) is 0.102. The van der Waals surface area contributed by atoms with E-state index in [9.17, 15) is 4.79 Å². The number of quaternary nitrogens is 1. The maximum Gasteiger partial charge on any atom is 0.287 e. The van der Waals surface area contributed by atoms with Gasteiger partial charge in [0.25, 0.3) is 5.91 Å². The molecule has 0 radical (unpaired) electrons. The predicted molar refractivity (Wildman–Crippen MR) is 103 cm³/mol. The van der Waals surface area contributed by atoms with Crippen molar-refractivity contribution in [1.29, 1.82) is 0 Å². The molecule has 1 heterocycles. The highest BCUT2D eigenvalue weighted by atomic mass is 16.2. The molecule has 0 aliphatic carbocycles. The smallest absolute Gasteiger partial charge is 0.287 e. The summed E-state index contributed by atoms with van der Waals surface area (Å²) in [5.41, 5.74) is 3.19. The molecule has 2 aromatic carbocycles. The van der Waals surface area contributed by atoms with Crippen molar-refractivity contribution in [3.8, 4) is 0 Å². The van der Waals surface area contributed by atoms with E-state index in [0.717, 1.165) is 24.3 Å². The monoisotopic (exact) mass is 337 g/mol. The predicted octanol–water partition coefficient (Wildman–Crippen LogP) is 3.52. The molecule has 0 unspecified atom stereocenters. The molecule has 0 saturated carbocycles. The minimum Gasteiger partial charge on any atom is -0.321 e. The summed E-state index contributed by atoms with van der Waals surface area (Å²) in [4.78, 5) is 14.6. The van der Waals surface area contributed by atoms with Gasteiger partial charge in [-0.25, -0.2) is 0 Å². The molecule has 3 heteroatoms. The lowest BCUT2D eigenvalue weighted by atomic mass is 10.0. The molecule has 0 bridgehead atoms. The second-order valence-corrected chi connectivity index (χ2v) is 7.12. The van der Waals surface area contributed by atoms with Crippen molar-refractivity contribution < 1.29 is 9.69 Å². The van der Waals surface area contributed by atoms with E-state index in [1.165, 1.54) is 42.6 Å². The number of nitrogens with one attached hydrogen (secondary N) is 2. The molecule has 1 aliphatic rings. The Balaban J connectivity index is 1.82. The average molecular weight is 337 g/mol. The molecule has 2 aromatic rings. The number of rotatable bonds is 4. The van der Waals surface area contributed by atoms with Crippen LogP contribution in [0.1, 0.15) is 49.3 Å². The number of likely N-dealkylation sites (tertiary alicyclic amines) is 1. The summed E-state index contributed by atoms with van der Waals surface area (Å²) in [7, 11) is 0. The van der Waals surface area contributed by atoms with Crippen molar-refractivity contribution in [2.45, 2.75) is 45.1 Å². The molecular formula is C22H29N2O+. The highest BCUT2D eigenvalue weighted by Crippen LogP contribution is 2.16. The maximum atomic E-state index is 13.2. The van der Waals surface area contributed by atoms with Crippen LogP contribution in [-0.4, -0.2) is 19.0 Å². The Bertz CT molecular complexity index is 658. The van der Waals surface area contributed by atoms with E-state index in [1.54, 1.807) is 0 Å². The molecule has 0 aromatic heterocycles. The van der Waals surface area contributed by atoms with E-state index in [0.29, 0.717) is 0 Å². The third kappa shape index (κ3) is 4.93. The van der Waals surface area contributed by atoms with Gasteiger partial charge in [-0.15, -0.1) is 0 Å². The molecule has 3 rings (SSSR count). The highest BCUT2D eigenvalue weighted by Gasteiger charge is 2.31. The quantitative estimate of drug-likeness (QED) is 0.879. The van der Waals surface area contributed by atoms with Gasteiger partial charge < -0.3 is 10.2 Å². The molecule has 1 fully saturated rings. The molecule has 132 valence electrons. The maximum absolute atomic E-state index is 13.2. The van der Waals surface area contributed by atoms with Gasteiger partial charge in [0.15, 0.2) is 6.04 Å². The van der Waals surface area contributed by atoms with Crippen LogP contribution in [0, 0.1) is 6.92 Å². The van der Waals surface area contributed by atoms with Crippen molar-refractivity contribution in [3.05, 3.63) is 65.7 Å². The summed E-state index contributed by atoms with van der Waals surface area (Å²) in [6.45, 7) is 4.20. The zero-order valence-electron chi connectivity index (χ0n) is 15.1. The Morgan fingerprint density at radius 1 is 0.880 bits per heavy atom. The lowest BCUT2D eigenvalue weighted by molar-refractivity contribution is -0.922. The van der Waals surface area contributed by atoms with Gasteiger partial charge in [0.05, 0.1) is 13.1 Å². The van der Waals surface area contributed by atoms with Gasteiger partial charge >= 0.3 is 0 Å². The molecule has 3 nitrogen and oxygen atoms in total. The highest BCUT2D eigenvalue weighted by molar-refractivity contribution is 5.94. The van der Waals surface area contributed by atoms with Crippen molar-refractivity contribution in [2.75, 3.05) is 18.4 Å². The summed E-state index contributed by atoms with van der Waals surface area (Å²) >= 11 is 0. The van der Waals surface area contributed by atoms with E-state index in [1.807, 2.05) is 42.5 Å². The van der Waals surface area contributed by atoms with Crippen LogP contribution in [0.5, 0.6) is 0 Å². The lowest BCUT2D eigenvalue weighted by Crippen LogP contribution is -3.13. The standard InChI is InChI=1S/C22H28N2O/c1-18-12-14-20(15-13-18)23-22(25)21(19-10-6-5-7-11-19)24-16-8-3-2-4-9-17-24/h5-7,10-15,21H,2-4,8-9,16-17H2,1H3,(H,23,25)/p+1/t21-/m1/s1. The Kier molecular flexibility index (Phi) is 6.24. The molecule has 1 amide bonds. The fourth-order valence-corrected chi connectivity index (χ4v) is 3.72. The number of benzene rings is 2. The largest absolute Gasteiger partial charge is 0.321 e. The van der Waals surface area contributed by atoms with E-state index in [-0.39, 0.29) is 11.9 Å². The lowest BCUT2D eigenvalue weighted by Gasteiger charge is -2.29. The first-order chi connectivity index (χ1) is 12.2. The van der Waals surface area contributed by atoms with E-state index in [4.69, 9.17) is 0 Å². The van der Waals surface area contributed by atoms with Gasteiger partial charge in [0.2, 0.25) is 0 Å². The van der Waals surface area contributed by atoms with Crippen LogP contribution in [0.4, 0.5) is 5.69 Å². The van der Waals surface area contributed by atoms with Crippen LogP contribution < -0.4 is 10.2 Å². The van der Waals surface area contributed by atoms with Gasteiger partial charge in [0, 0.05) is 11.3 Å². The number of hydrogen-bond donors (Lipinski definition) is 2. The number of carbonyl (C=O) groups excluding carboxylic acids is 1. The molecular weight excluding hydrogens is 308 g/mol. The van der Waals surface area contributed by atoms with Gasteiger partial charge in [-0.2, -0.15) is 0 Å². The van der Waals surface area contributed by atoms with E-state index < -0.39 is 0 Å². The number of anilines is 1. The van der Waals surface area contributed by atoms with Crippen LogP contribution in [-0.2, 0) is 4.79 Å². The zero-order chi connectivity index (χ0) is 17.5. The fourth-order valence-electron chi connectivity index (χ4n) is 3.72. The van der Waals surface area contributed by atoms with Crippen molar-refractivity contribution in [2.24, 2.45) is 0 Å². The molecule has 1 aliphatic heterocycles.